The minimum atomic E-state index is -0.373. The summed E-state index contributed by atoms with van der Waals surface area (Å²) in [6.45, 7) is 0. The van der Waals surface area contributed by atoms with Crippen molar-refractivity contribution in [1.29, 1.82) is 0 Å². The molecule has 0 saturated heterocycles. The molecule has 4 heteroatoms. The van der Waals surface area contributed by atoms with Crippen LogP contribution in [0, 0.1) is 0 Å². The Morgan fingerprint density at radius 2 is 2.00 bits per heavy atom. The number of nitrogens with one attached hydrogen (secondary N) is 1. The van der Waals surface area contributed by atoms with Crippen LogP contribution < -0.4 is 0 Å². The predicted molar refractivity (Wildman–Crippen MR) is 74.8 cm³/mol. The molecule has 1 N–H and O–H groups in total. The summed E-state index contributed by atoms with van der Waals surface area (Å²) in [5.74, 6) is -0.373. The number of esters is 1. The maximum atomic E-state index is 11.7. The fourth-order valence-corrected chi connectivity index (χ4v) is 2.86. The van der Waals surface area contributed by atoms with Crippen LogP contribution in [0.5, 0.6) is 0 Å². The van der Waals surface area contributed by atoms with Crippen LogP contribution in [-0.4, -0.2) is 18.1 Å². The molecule has 3 rings (SSSR count). The van der Waals surface area contributed by atoms with Crippen LogP contribution in [0.4, 0.5) is 0 Å². The van der Waals surface area contributed by atoms with E-state index in [2.05, 4.69) is 20.9 Å². The minimum absolute atomic E-state index is 0.373. The maximum absolute atomic E-state index is 11.7. The second-order valence-corrected chi connectivity index (χ2v) is 4.81. The van der Waals surface area contributed by atoms with Crippen molar-refractivity contribution in [2.24, 2.45) is 0 Å². The fourth-order valence-electron chi connectivity index (χ4n) is 2.17. The van der Waals surface area contributed by atoms with E-state index in [1.165, 1.54) is 7.11 Å². The van der Waals surface area contributed by atoms with Crippen LogP contribution >= 0.6 is 15.9 Å². The van der Waals surface area contributed by atoms with Gasteiger partial charge < -0.3 is 9.72 Å². The molecule has 90 valence electrons. The van der Waals surface area contributed by atoms with E-state index in [1.807, 2.05) is 36.4 Å². The highest BCUT2D eigenvalue weighted by molar-refractivity contribution is 9.10. The van der Waals surface area contributed by atoms with Gasteiger partial charge in [0, 0.05) is 10.9 Å². The first-order valence-electron chi connectivity index (χ1n) is 5.49. The number of halogens is 1. The smallest absolute Gasteiger partial charge is 0.355 e. The zero-order chi connectivity index (χ0) is 12.7. The third-order valence-corrected chi connectivity index (χ3v) is 3.81. The summed E-state index contributed by atoms with van der Waals surface area (Å²) in [4.78, 5) is 14.7. The van der Waals surface area contributed by atoms with Gasteiger partial charge in [0.2, 0.25) is 0 Å². The molecule has 3 nitrogen and oxygen atoms in total. The molecule has 0 unspecified atom stereocenters. The molecule has 2 aromatic carbocycles. The number of aromatic amines is 1. The molecule has 0 aliphatic carbocycles. The molecule has 0 fully saturated rings. The highest BCUT2D eigenvalue weighted by Gasteiger charge is 2.17. The van der Waals surface area contributed by atoms with Crippen molar-refractivity contribution in [2.45, 2.75) is 0 Å². The monoisotopic (exact) mass is 303 g/mol. The molecule has 3 aromatic rings. The average Bonchev–Trinajstić information content (AvgIpc) is 2.76. The minimum Gasteiger partial charge on any atom is -0.464 e. The molecule has 18 heavy (non-hydrogen) atoms. The predicted octanol–water partition coefficient (Wildman–Crippen LogP) is 3.87. The first kappa shape index (κ1) is 11.3. The topological polar surface area (TPSA) is 42.1 Å². The summed E-state index contributed by atoms with van der Waals surface area (Å²) in [6, 6.07) is 12.1. The van der Waals surface area contributed by atoms with Crippen molar-refractivity contribution < 1.29 is 9.53 Å². The Kier molecular flexibility index (Phi) is 2.59. The summed E-state index contributed by atoms with van der Waals surface area (Å²) >= 11 is 3.48. The Hall–Kier alpha value is -1.81. The maximum Gasteiger partial charge on any atom is 0.355 e. The van der Waals surface area contributed by atoms with Crippen LogP contribution in [0.25, 0.3) is 21.7 Å². The Balaban J connectivity index is 2.44. The fraction of sp³-hybridized carbons (Fsp3) is 0.0714. The number of H-pyrrole nitrogens is 1. The van der Waals surface area contributed by atoms with Gasteiger partial charge >= 0.3 is 5.97 Å². The molecule has 0 aliphatic heterocycles. The number of aromatic nitrogens is 1. The SMILES string of the molecule is COC(=O)c1[nH]c2ccc3ccccc3c2c1Br. The lowest BCUT2D eigenvalue weighted by Gasteiger charge is -1.99. The molecule has 0 bridgehead atoms. The molecule has 1 heterocycles. The van der Waals surface area contributed by atoms with Gasteiger partial charge in [0.15, 0.2) is 0 Å². The van der Waals surface area contributed by atoms with Crippen LogP contribution in [0.2, 0.25) is 0 Å². The lowest BCUT2D eigenvalue weighted by molar-refractivity contribution is 0.0594. The van der Waals surface area contributed by atoms with Gasteiger partial charge in [-0.3, -0.25) is 0 Å². The number of carbonyl (C=O) groups is 1. The lowest BCUT2D eigenvalue weighted by Crippen LogP contribution is -2.01. The van der Waals surface area contributed by atoms with E-state index in [4.69, 9.17) is 4.74 Å². The van der Waals surface area contributed by atoms with E-state index in [1.54, 1.807) is 0 Å². The molecular formula is C14H10BrNO2. The summed E-state index contributed by atoms with van der Waals surface area (Å²) in [5, 5.41) is 3.25. The van der Waals surface area contributed by atoms with Gasteiger partial charge in [-0.25, -0.2) is 4.79 Å². The molecule has 0 radical (unpaired) electrons. The summed E-state index contributed by atoms with van der Waals surface area (Å²) in [6.07, 6.45) is 0. The molecule has 0 amide bonds. The van der Waals surface area contributed by atoms with Gasteiger partial charge in [-0.15, -0.1) is 0 Å². The molecule has 0 saturated carbocycles. The molecular weight excluding hydrogens is 294 g/mol. The van der Waals surface area contributed by atoms with E-state index >= 15 is 0 Å². The second kappa shape index (κ2) is 4.14. The van der Waals surface area contributed by atoms with Gasteiger partial charge in [0.25, 0.3) is 0 Å². The van der Waals surface area contributed by atoms with Crippen molar-refractivity contribution >= 4 is 43.6 Å². The largest absolute Gasteiger partial charge is 0.464 e. The van der Waals surface area contributed by atoms with Crippen molar-refractivity contribution in [3.8, 4) is 0 Å². The summed E-state index contributed by atoms with van der Waals surface area (Å²) in [7, 11) is 1.37. The Morgan fingerprint density at radius 3 is 2.78 bits per heavy atom. The quantitative estimate of drug-likeness (QED) is 0.693. The van der Waals surface area contributed by atoms with Gasteiger partial charge in [-0.2, -0.15) is 0 Å². The summed E-state index contributed by atoms with van der Waals surface area (Å²) in [5.41, 5.74) is 1.37. The molecule has 0 atom stereocenters. The first-order chi connectivity index (χ1) is 8.72. The number of fused-ring (bicyclic) bond motifs is 3. The summed E-state index contributed by atoms with van der Waals surface area (Å²) < 4.78 is 5.51. The number of ether oxygens (including phenoxy) is 1. The van der Waals surface area contributed by atoms with Crippen molar-refractivity contribution in [2.75, 3.05) is 7.11 Å². The number of benzene rings is 2. The Bertz CT molecular complexity index is 761. The third kappa shape index (κ3) is 1.53. The lowest BCUT2D eigenvalue weighted by atomic mass is 10.1. The highest BCUT2D eigenvalue weighted by atomic mass is 79.9. The zero-order valence-corrected chi connectivity index (χ0v) is 11.2. The van der Waals surface area contributed by atoms with Gasteiger partial charge in [-0.1, -0.05) is 30.3 Å². The van der Waals surface area contributed by atoms with Crippen LogP contribution in [0.3, 0.4) is 0 Å². The Morgan fingerprint density at radius 1 is 1.22 bits per heavy atom. The molecule has 0 spiro atoms. The van der Waals surface area contributed by atoms with Gasteiger partial charge in [0.05, 0.1) is 11.6 Å². The van der Waals surface area contributed by atoms with Crippen LogP contribution in [-0.2, 0) is 4.74 Å². The van der Waals surface area contributed by atoms with Crippen molar-refractivity contribution in [3.63, 3.8) is 0 Å². The standard InChI is InChI=1S/C14H10BrNO2/c1-18-14(17)13-12(15)11-9-5-3-2-4-8(9)6-7-10(11)16-13/h2-7,16H,1H3. The normalized spacial score (nSPS) is 11.0. The Labute approximate surface area is 112 Å². The van der Waals surface area contributed by atoms with E-state index < -0.39 is 0 Å². The van der Waals surface area contributed by atoms with Gasteiger partial charge in [0.1, 0.15) is 5.69 Å². The molecule has 0 aliphatic rings. The van der Waals surface area contributed by atoms with E-state index in [0.29, 0.717) is 5.69 Å². The van der Waals surface area contributed by atoms with Crippen molar-refractivity contribution in [1.82, 2.24) is 4.98 Å². The first-order valence-corrected chi connectivity index (χ1v) is 6.29. The average molecular weight is 304 g/mol. The van der Waals surface area contributed by atoms with E-state index in [0.717, 1.165) is 26.1 Å². The van der Waals surface area contributed by atoms with E-state index in [-0.39, 0.29) is 5.97 Å². The molecule has 1 aromatic heterocycles. The van der Waals surface area contributed by atoms with Crippen molar-refractivity contribution in [3.05, 3.63) is 46.6 Å². The zero-order valence-electron chi connectivity index (χ0n) is 9.66. The van der Waals surface area contributed by atoms with Crippen LogP contribution in [0.15, 0.2) is 40.9 Å². The number of methoxy groups -OCH3 is 1. The van der Waals surface area contributed by atoms with Crippen LogP contribution in [0.1, 0.15) is 10.5 Å². The second-order valence-electron chi connectivity index (χ2n) is 4.01. The highest BCUT2D eigenvalue weighted by Crippen LogP contribution is 2.34. The number of hydrogen-bond acceptors (Lipinski definition) is 2. The third-order valence-electron chi connectivity index (χ3n) is 3.02. The number of rotatable bonds is 1. The van der Waals surface area contributed by atoms with Gasteiger partial charge in [-0.05, 0) is 32.8 Å². The van der Waals surface area contributed by atoms with E-state index in [9.17, 15) is 4.79 Å². The number of hydrogen-bond donors (Lipinski definition) is 1. The number of carbonyl (C=O) groups excluding carboxylic acids is 1.